The van der Waals surface area contributed by atoms with Gasteiger partial charge in [-0.3, -0.25) is 9.69 Å². The van der Waals surface area contributed by atoms with E-state index in [4.69, 9.17) is 27.9 Å². The van der Waals surface area contributed by atoms with E-state index in [9.17, 15) is 4.79 Å². The van der Waals surface area contributed by atoms with Crippen LogP contribution in [0.25, 0.3) is 17.2 Å². The number of likely N-dealkylation sites (N-methyl/N-ethyl adjacent to an activating group) is 1. The van der Waals surface area contributed by atoms with Gasteiger partial charge in [0.15, 0.2) is 6.61 Å². The molecule has 0 unspecified atom stereocenters. The van der Waals surface area contributed by atoms with Crippen molar-refractivity contribution in [2.24, 2.45) is 0 Å². The second-order valence-electron chi connectivity index (χ2n) is 8.66. The summed E-state index contributed by atoms with van der Waals surface area (Å²) >= 11 is 12.4. The summed E-state index contributed by atoms with van der Waals surface area (Å²) < 4.78 is 6.02. The first-order valence-corrected chi connectivity index (χ1v) is 12.3. The Morgan fingerprint density at radius 2 is 1.71 bits per heavy atom. The number of rotatable bonds is 8. The number of halogens is 2. The average Bonchev–Trinajstić information content (AvgIpc) is 2.86. The summed E-state index contributed by atoms with van der Waals surface area (Å²) in [6.07, 6.45) is 1.71. The third-order valence-electron chi connectivity index (χ3n) is 6.12. The maximum Gasteiger partial charge on any atom is 0.262 e. The van der Waals surface area contributed by atoms with Crippen molar-refractivity contribution in [2.45, 2.75) is 6.54 Å². The quantitative estimate of drug-likeness (QED) is 0.400. The van der Waals surface area contributed by atoms with Crippen molar-refractivity contribution in [3.8, 4) is 16.9 Å². The van der Waals surface area contributed by atoms with Gasteiger partial charge in [-0.2, -0.15) is 0 Å². The predicted octanol–water partition coefficient (Wildman–Crippen LogP) is 6.07. The largest absolute Gasteiger partial charge is 0.483 e. The lowest BCUT2D eigenvalue weighted by Crippen LogP contribution is -2.43. The Morgan fingerprint density at radius 1 is 1.00 bits per heavy atom. The number of ether oxygens (including phenoxy) is 1. The number of benzene rings is 3. The first-order valence-electron chi connectivity index (χ1n) is 11.6. The lowest BCUT2D eigenvalue weighted by atomic mass is 10.0. The highest BCUT2D eigenvalue weighted by atomic mass is 35.5. The van der Waals surface area contributed by atoms with Crippen LogP contribution in [-0.4, -0.2) is 55.5 Å². The molecule has 0 spiro atoms. The van der Waals surface area contributed by atoms with Gasteiger partial charge in [0, 0.05) is 44.0 Å². The van der Waals surface area contributed by atoms with E-state index >= 15 is 0 Å². The standard InChI is InChI=1S/C28H29Cl2N3O2/c1-3-20-6-4-5-7-26(20)31-28(34)19-35-27-11-9-21(22-8-10-24(29)25(30)17-22)16-23(27)18-33-14-12-32(2)13-15-33/h3-11,16-17H,1,12-15,18-19H2,2H3,(H,31,34). The molecule has 4 rings (SSSR count). The van der Waals surface area contributed by atoms with Crippen LogP contribution in [0, 0.1) is 0 Å². The number of nitrogens with one attached hydrogen (secondary N) is 1. The highest BCUT2D eigenvalue weighted by Crippen LogP contribution is 2.32. The highest BCUT2D eigenvalue weighted by Gasteiger charge is 2.17. The number of amides is 1. The Balaban J connectivity index is 1.53. The molecule has 0 aliphatic carbocycles. The smallest absolute Gasteiger partial charge is 0.262 e. The van der Waals surface area contributed by atoms with Crippen LogP contribution in [0.3, 0.4) is 0 Å². The maximum atomic E-state index is 12.6. The molecule has 3 aromatic carbocycles. The minimum atomic E-state index is -0.224. The second kappa shape index (κ2) is 11.7. The lowest BCUT2D eigenvalue weighted by molar-refractivity contribution is -0.118. The Bertz CT molecular complexity index is 1210. The molecule has 1 fully saturated rings. The molecule has 7 heteroatoms. The molecule has 0 atom stereocenters. The van der Waals surface area contributed by atoms with Crippen LogP contribution in [0.4, 0.5) is 5.69 Å². The molecular weight excluding hydrogens is 481 g/mol. The molecule has 0 bridgehead atoms. The Morgan fingerprint density at radius 3 is 2.46 bits per heavy atom. The fraction of sp³-hybridized carbons (Fsp3) is 0.250. The minimum absolute atomic E-state index is 0.0899. The Hall–Kier alpha value is -2.83. The normalized spacial score (nSPS) is 14.5. The minimum Gasteiger partial charge on any atom is -0.483 e. The maximum absolute atomic E-state index is 12.6. The number of para-hydroxylation sites is 1. The molecule has 182 valence electrons. The summed E-state index contributed by atoms with van der Waals surface area (Å²) in [6, 6.07) is 19.2. The lowest BCUT2D eigenvalue weighted by Gasteiger charge is -2.32. The SMILES string of the molecule is C=Cc1ccccc1NC(=O)COc1ccc(-c2ccc(Cl)c(Cl)c2)cc1CN1CCN(C)CC1. The van der Waals surface area contributed by atoms with Gasteiger partial charge >= 0.3 is 0 Å². The zero-order chi connectivity index (χ0) is 24.8. The van der Waals surface area contributed by atoms with Gasteiger partial charge in [-0.05, 0) is 54.1 Å². The van der Waals surface area contributed by atoms with Crippen molar-refractivity contribution in [3.63, 3.8) is 0 Å². The van der Waals surface area contributed by atoms with Gasteiger partial charge < -0.3 is 15.0 Å². The number of piperazine rings is 1. The molecule has 0 aromatic heterocycles. The monoisotopic (exact) mass is 509 g/mol. The fourth-order valence-electron chi connectivity index (χ4n) is 4.06. The van der Waals surface area contributed by atoms with E-state index in [2.05, 4.69) is 34.8 Å². The number of hydrogen-bond acceptors (Lipinski definition) is 4. The molecule has 35 heavy (non-hydrogen) atoms. The van der Waals surface area contributed by atoms with E-state index in [1.165, 1.54) is 0 Å². The van der Waals surface area contributed by atoms with Crippen LogP contribution >= 0.6 is 23.2 Å². The molecular formula is C28H29Cl2N3O2. The van der Waals surface area contributed by atoms with E-state index in [1.807, 2.05) is 48.5 Å². The van der Waals surface area contributed by atoms with E-state index in [1.54, 1.807) is 12.1 Å². The molecule has 1 saturated heterocycles. The second-order valence-corrected chi connectivity index (χ2v) is 9.47. The number of nitrogens with zero attached hydrogens (tertiary/aromatic N) is 2. The van der Waals surface area contributed by atoms with Gasteiger partial charge in [0.25, 0.3) is 5.91 Å². The van der Waals surface area contributed by atoms with Gasteiger partial charge in [-0.25, -0.2) is 0 Å². The average molecular weight is 510 g/mol. The van der Waals surface area contributed by atoms with Gasteiger partial charge in [0.1, 0.15) is 5.75 Å². The molecule has 1 amide bonds. The van der Waals surface area contributed by atoms with Gasteiger partial charge in [-0.15, -0.1) is 0 Å². The van der Waals surface area contributed by atoms with E-state index in [0.29, 0.717) is 21.5 Å². The van der Waals surface area contributed by atoms with Crippen molar-refractivity contribution in [3.05, 3.63) is 88.4 Å². The molecule has 0 radical (unpaired) electrons. The highest BCUT2D eigenvalue weighted by molar-refractivity contribution is 6.42. The van der Waals surface area contributed by atoms with Crippen LogP contribution in [0.1, 0.15) is 11.1 Å². The Labute approximate surface area is 216 Å². The fourth-order valence-corrected chi connectivity index (χ4v) is 4.36. The third kappa shape index (κ3) is 6.65. The van der Waals surface area contributed by atoms with Gasteiger partial charge in [-0.1, -0.05) is 66.2 Å². The summed E-state index contributed by atoms with van der Waals surface area (Å²) in [5.74, 6) is 0.471. The van der Waals surface area contributed by atoms with Crippen molar-refractivity contribution in [1.29, 1.82) is 0 Å². The summed E-state index contributed by atoms with van der Waals surface area (Å²) in [6.45, 7) is 8.45. The van der Waals surface area contributed by atoms with Crippen LogP contribution in [0.5, 0.6) is 5.75 Å². The van der Waals surface area contributed by atoms with E-state index in [0.717, 1.165) is 55.0 Å². The van der Waals surface area contributed by atoms with Crippen molar-refractivity contribution in [1.82, 2.24) is 9.80 Å². The molecule has 0 saturated carbocycles. The number of carbonyl (C=O) groups excluding carboxylic acids is 1. The zero-order valence-corrected chi connectivity index (χ0v) is 21.3. The summed E-state index contributed by atoms with van der Waals surface area (Å²) in [5.41, 5.74) is 4.59. The molecule has 1 aliphatic rings. The van der Waals surface area contributed by atoms with Crippen LogP contribution in [-0.2, 0) is 11.3 Å². The molecule has 3 aromatic rings. The molecule has 1 aliphatic heterocycles. The first kappa shape index (κ1) is 25.3. The van der Waals surface area contributed by atoms with Gasteiger partial charge in [0.05, 0.1) is 10.0 Å². The third-order valence-corrected chi connectivity index (χ3v) is 6.86. The topological polar surface area (TPSA) is 44.8 Å². The summed E-state index contributed by atoms with van der Waals surface area (Å²) in [5, 5.41) is 3.95. The number of carbonyl (C=O) groups is 1. The summed E-state index contributed by atoms with van der Waals surface area (Å²) in [4.78, 5) is 17.4. The number of anilines is 1. The van der Waals surface area contributed by atoms with Crippen molar-refractivity contribution in [2.75, 3.05) is 45.2 Å². The first-order chi connectivity index (χ1) is 16.9. The molecule has 1 heterocycles. The predicted molar refractivity (Wildman–Crippen MR) is 145 cm³/mol. The van der Waals surface area contributed by atoms with E-state index < -0.39 is 0 Å². The Kier molecular flexibility index (Phi) is 8.47. The van der Waals surface area contributed by atoms with Gasteiger partial charge in [0.2, 0.25) is 0 Å². The zero-order valence-electron chi connectivity index (χ0n) is 19.8. The van der Waals surface area contributed by atoms with Crippen molar-refractivity contribution >= 4 is 40.9 Å². The van der Waals surface area contributed by atoms with Crippen LogP contribution < -0.4 is 10.1 Å². The van der Waals surface area contributed by atoms with Crippen molar-refractivity contribution < 1.29 is 9.53 Å². The summed E-state index contributed by atoms with van der Waals surface area (Å²) in [7, 11) is 2.14. The van der Waals surface area contributed by atoms with Crippen LogP contribution in [0.15, 0.2) is 67.2 Å². The number of hydrogen-bond donors (Lipinski definition) is 1. The van der Waals surface area contributed by atoms with E-state index in [-0.39, 0.29) is 12.5 Å². The van der Waals surface area contributed by atoms with Crippen LogP contribution in [0.2, 0.25) is 10.0 Å². The molecule has 1 N–H and O–H groups in total. The molecule has 5 nitrogen and oxygen atoms in total.